The third-order valence-corrected chi connectivity index (χ3v) is 2.41. The summed E-state index contributed by atoms with van der Waals surface area (Å²) in [7, 11) is 0. The Morgan fingerprint density at radius 1 is 1.24 bits per heavy atom. The van der Waals surface area contributed by atoms with Crippen LogP contribution in [0.4, 0.5) is 0 Å². The van der Waals surface area contributed by atoms with E-state index in [1.807, 2.05) is 26.0 Å². The molecular weight excluding hydrogens is 218 g/mol. The van der Waals surface area contributed by atoms with E-state index < -0.39 is 11.9 Å². The molecule has 0 fully saturated rings. The third kappa shape index (κ3) is 3.45. The summed E-state index contributed by atoms with van der Waals surface area (Å²) in [6.07, 6.45) is 0.923. The Hall–Kier alpha value is -2.10. The number of carboxylic acid groups (broad SMARTS) is 1. The molecule has 90 valence electrons. The van der Waals surface area contributed by atoms with Crippen LogP contribution < -0.4 is 5.73 Å². The first kappa shape index (κ1) is 13.0. The molecule has 1 aromatic rings. The van der Waals surface area contributed by atoms with Gasteiger partial charge in [-0.15, -0.1) is 0 Å². The van der Waals surface area contributed by atoms with Crippen molar-refractivity contribution in [2.75, 3.05) is 0 Å². The smallest absolute Gasteiger partial charge is 0.336 e. The summed E-state index contributed by atoms with van der Waals surface area (Å²) < 4.78 is 0. The zero-order chi connectivity index (χ0) is 13.0. The molecule has 1 amide bonds. The van der Waals surface area contributed by atoms with E-state index in [2.05, 4.69) is 0 Å². The summed E-state index contributed by atoms with van der Waals surface area (Å²) in [4.78, 5) is 21.7. The lowest BCUT2D eigenvalue weighted by molar-refractivity contribution is -0.130. The number of benzene rings is 1. The lowest BCUT2D eigenvalue weighted by atomic mass is 9.98. The molecule has 0 aliphatic carbocycles. The largest absolute Gasteiger partial charge is 0.478 e. The fourth-order valence-electron chi connectivity index (χ4n) is 1.46. The molecule has 3 N–H and O–H groups in total. The Bertz CT molecular complexity index is 458. The van der Waals surface area contributed by atoms with Gasteiger partial charge in [-0.05, 0) is 17.0 Å². The zero-order valence-electron chi connectivity index (χ0n) is 9.81. The Labute approximate surface area is 99.8 Å². The van der Waals surface area contributed by atoms with Crippen LogP contribution in [0.1, 0.15) is 30.9 Å². The highest BCUT2D eigenvalue weighted by molar-refractivity contribution is 6.20. The van der Waals surface area contributed by atoms with Gasteiger partial charge in [-0.3, -0.25) is 4.79 Å². The van der Waals surface area contributed by atoms with E-state index in [-0.39, 0.29) is 5.57 Å². The van der Waals surface area contributed by atoms with E-state index in [0.29, 0.717) is 11.5 Å². The monoisotopic (exact) mass is 233 g/mol. The maximum atomic E-state index is 11.0. The minimum atomic E-state index is -1.17. The fourth-order valence-corrected chi connectivity index (χ4v) is 1.46. The molecule has 0 aliphatic heterocycles. The van der Waals surface area contributed by atoms with Crippen LogP contribution in [0.15, 0.2) is 30.3 Å². The predicted molar refractivity (Wildman–Crippen MR) is 65.3 cm³/mol. The third-order valence-electron chi connectivity index (χ3n) is 2.41. The van der Waals surface area contributed by atoms with Crippen molar-refractivity contribution in [3.8, 4) is 0 Å². The quantitative estimate of drug-likeness (QED) is 0.777. The van der Waals surface area contributed by atoms with Crippen molar-refractivity contribution in [1.29, 1.82) is 0 Å². The van der Waals surface area contributed by atoms with Crippen molar-refractivity contribution in [1.82, 2.24) is 0 Å². The number of aliphatic carboxylic acids is 1. The van der Waals surface area contributed by atoms with Crippen molar-refractivity contribution >= 4 is 17.4 Å². The van der Waals surface area contributed by atoms with Gasteiger partial charge in [0.1, 0.15) is 0 Å². The number of carboxylic acids is 1. The molecule has 0 radical (unpaired) electrons. The molecule has 0 aromatic heterocycles. The second kappa shape index (κ2) is 5.30. The topological polar surface area (TPSA) is 80.4 Å². The highest BCUT2D eigenvalue weighted by Gasteiger charge is 2.11. The number of hydrogen-bond acceptors (Lipinski definition) is 2. The Balaban J connectivity index is 3.13. The first-order valence-electron chi connectivity index (χ1n) is 5.26. The van der Waals surface area contributed by atoms with Gasteiger partial charge in [0.25, 0.3) is 0 Å². The number of carbonyl (C=O) groups is 2. The number of amides is 1. The number of primary amides is 1. The standard InChI is InChI=1S/C13H15NO3/c1-8(2)9-3-5-10(6-4-9)11(13(16)17)7-12(14)15/h3-8H,1-2H3,(H2,14,15)(H,16,17)/b11-7-. The SMILES string of the molecule is CC(C)c1ccc(/C(=C/C(N)=O)C(=O)O)cc1. The average molecular weight is 233 g/mol. The molecule has 0 bridgehead atoms. The molecule has 1 rings (SSSR count). The number of rotatable bonds is 4. The van der Waals surface area contributed by atoms with Gasteiger partial charge in [-0.1, -0.05) is 38.1 Å². The molecule has 0 saturated heterocycles. The molecule has 17 heavy (non-hydrogen) atoms. The average Bonchev–Trinajstić information content (AvgIpc) is 2.25. The van der Waals surface area contributed by atoms with Crippen LogP contribution >= 0.6 is 0 Å². The predicted octanol–water partition coefficient (Wildman–Crippen LogP) is 1.76. The highest BCUT2D eigenvalue weighted by atomic mass is 16.4. The molecule has 0 unspecified atom stereocenters. The normalized spacial score (nSPS) is 11.6. The number of carbonyl (C=O) groups excluding carboxylic acids is 1. The van der Waals surface area contributed by atoms with Crippen LogP contribution in [-0.2, 0) is 9.59 Å². The first-order chi connectivity index (χ1) is 7.91. The first-order valence-corrected chi connectivity index (χ1v) is 5.26. The van der Waals surface area contributed by atoms with Crippen LogP contribution in [0.25, 0.3) is 5.57 Å². The van der Waals surface area contributed by atoms with Crippen LogP contribution in [0, 0.1) is 0 Å². The molecule has 4 nitrogen and oxygen atoms in total. The Morgan fingerprint density at radius 3 is 2.12 bits per heavy atom. The van der Waals surface area contributed by atoms with Gasteiger partial charge in [0.2, 0.25) is 5.91 Å². The van der Waals surface area contributed by atoms with Crippen molar-refractivity contribution in [2.45, 2.75) is 19.8 Å². The Kier molecular flexibility index (Phi) is 4.04. The zero-order valence-corrected chi connectivity index (χ0v) is 9.81. The molecule has 4 heteroatoms. The highest BCUT2D eigenvalue weighted by Crippen LogP contribution is 2.19. The maximum absolute atomic E-state index is 11.0. The summed E-state index contributed by atoms with van der Waals surface area (Å²) in [6, 6.07) is 7.05. The molecule has 0 heterocycles. The lowest BCUT2D eigenvalue weighted by Crippen LogP contribution is -2.10. The van der Waals surface area contributed by atoms with E-state index in [1.54, 1.807) is 12.1 Å². The summed E-state index contributed by atoms with van der Waals surface area (Å²) in [5.74, 6) is -1.56. The molecule has 0 atom stereocenters. The number of nitrogens with two attached hydrogens (primary N) is 1. The Morgan fingerprint density at radius 2 is 1.76 bits per heavy atom. The lowest BCUT2D eigenvalue weighted by Gasteiger charge is -2.07. The summed E-state index contributed by atoms with van der Waals surface area (Å²) in [5.41, 5.74) is 6.46. The van der Waals surface area contributed by atoms with Gasteiger partial charge in [0, 0.05) is 6.08 Å². The van der Waals surface area contributed by atoms with Gasteiger partial charge < -0.3 is 10.8 Å². The molecule has 1 aromatic carbocycles. The van der Waals surface area contributed by atoms with Crippen LogP contribution in [0.3, 0.4) is 0 Å². The van der Waals surface area contributed by atoms with Gasteiger partial charge in [-0.2, -0.15) is 0 Å². The van der Waals surface area contributed by atoms with Gasteiger partial charge >= 0.3 is 5.97 Å². The van der Waals surface area contributed by atoms with Crippen LogP contribution in [-0.4, -0.2) is 17.0 Å². The van der Waals surface area contributed by atoms with Crippen molar-refractivity contribution in [3.05, 3.63) is 41.5 Å². The second-order valence-corrected chi connectivity index (χ2v) is 4.04. The summed E-state index contributed by atoms with van der Waals surface area (Å²) >= 11 is 0. The van der Waals surface area contributed by atoms with Crippen molar-refractivity contribution in [2.24, 2.45) is 5.73 Å². The van der Waals surface area contributed by atoms with Crippen LogP contribution in [0.5, 0.6) is 0 Å². The van der Waals surface area contributed by atoms with Gasteiger partial charge in [-0.25, -0.2) is 4.79 Å². The number of hydrogen-bond donors (Lipinski definition) is 2. The van der Waals surface area contributed by atoms with Crippen LogP contribution in [0.2, 0.25) is 0 Å². The van der Waals surface area contributed by atoms with E-state index in [0.717, 1.165) is 11.6 Å². The van der Waals surface area contributed by atoms with E-state index >= 15 is 0 Å². The summed E-state index contributed by atoms with van der Waals surface area (Å²) in [6.45, 7) is 4.10. The van der Waals surface area contributed by atoms with Crippen molar-refractivity contribution < 1.29 is 14.7 Å². The maximum Gasteiger partial charge on any atom is 0.336 e. The minimum Gasteiger partial charge on any atom is -0.478 e. The molecule has 0 aliphatic rings. The minimum absolute atomic E-state index is 0.0900. The molecular formula is C13H15NO3. The summed E-state index contributed by atoms with van der Waals surface area (Å²) in [5, 5.41) is 8.98. The van der Waals surface area contributed by atoms with Gasteiger partial charge in [0.15, 0.2) is 0 Å². The van der Waals surface area contributed by atoms with E-state index in [9.17, 15) is 9.59 Å². The van der Waals surface area contributed by atoms with Gasteiger partial charge in [0.05, 0.1) is 5.57 Å². The van der Waals surface area contributed by atoms with E-state index in [1.165, 1.54) is 0 Å². The fraction of sp³-hybridized carbons (Fsp3) is 0.231. The second-order valence-electron chi connectivity index (χ2n) is 4.04. The van der Waals surface area contributed by atoms with Crippen molar-refractivity contribution in [3.63, 3.8) is 0 Å². The molecule has 0 saturated carbocycles. The van der Waals surface area contributed by atoms with E-state index in [4.69, 9.17) is 10.8 Å². The molecule has 0 spiro atoms.